The van der Waals surface area contributed by atoms with E-state index in [9.17, 15) is 9.18 Å². The highest BCUT2D eigenvalue weighted by Gasteiger charge is 2.41. The Morgan fingerprint density at radius 1 is 1.19 bits per heavy atom. The molecule has 1 aromatic heterocycles. The Labute approximate surface area is 187 Å². The number of amides is 1. The van der Waals surface area contributed by atoms with E-state index >= 15 is 0 Å². The van der Waals surface area contributed by atoms with Gasteiger partial charge in [0.15, 0.2) is 0 Å². The van der Waals surface area contributed by atoms with Crippen molar-refractivity contribution in [1.82, 2.24) is 14.9 Å². The molecule has 1 saturated heterocycles. The van der Waals surface area contributed by atoms with Crippen LogP contribution in [0.15, 0.2) is 61.2 Å². The number of rotatable bonds is 7. The minimum Gasteiger partial charge on any atom is -0.497 e. The van der Waals surface area contributed by atoms with Crippen molar-refractivity contribution < 1.29 is 13.9 Å². The largest absolute Gasteiger partial charge is 0.497 e. The van der Waals surface area contributed by atoms with Crippen LogP contribution in [0.4, 0.5) is 4.39 Å². The van der Waals surface area contributed by atoms with Crippen molar-refractivity contribution in [2.45, 2.75) is 25.8 Å². The summed E-state index contributed by atoms with van der Waals surface area (Å²) in [5.74, 6) is -0.150. The van der Waals surface area contributed by atoms with Gasteiger partial charge in [0, 0.05) is 42.7 Å². The molecule has 0 bridgehead atoms. The summed E-state index contributed by atoms with van der Waals surface area (Å²) < 4.78 is 19.6. The van der Waals surface area contributed by atoms with Gasteiger partial charge in [-0.05, 0) is 43.0 Å². The molecular formula is C25H27FN4O2. The van der Waals surface area contributed by atoms with Gasteiger partial charge in [0.05, 0.1) is 12.5 Å². The first-order valence-corrected chi connectivity index (χ1v) is 10.7. The highest BCUT2D eigenvalue weighted by atomic mass is 19.1. The van der Waals surface area contributed by atoms with Gasteiger partial charge in [0.25, 0.3) is 0 Å². The minimum atomic E-state index is -0.729. The Morgan fingerprint density at radius 3 is 2.69 bits per heavy atom. The lowest BCUT2D eigenvalue weighted by Crippen LogP contribution is -2.51. The first-order chi connectivity index (χ1) is 15.5. The van der Waals surface area contributed by atoms with Crippen LogP contribution in [0.2, 0.25) is 0 Å². The van der Waals surface area contributed by atoms with Gasteiger partial charge < -0.3 is 10.5 Å². The molecule has 32 heavy (non-hydrogen) atoms. The smallest absolute Gasteiger partial charge is 0.225 e. The molecular weight excluding hydrogens is 407 g/mol. The van der Waals surface area contributed by atoms with E-state index in [1.807, 2.05) is 24.3 Å². The van der Waals surface area contributed by atoms with Gasteiger partial charge in [-0.1, -0.05) is 30.3 Å². The van der Waals surface area contributed by atoms with E-state index < -0.39 is 5.41 Å². The van der Waals surface area contributed by atoms with Crippen molar-refractivity contribution in [2.75, 3.05) is 20.2 Å². The van der Waals surface area contributed by atoms with E-state index in [1.165, 1.54) is 19.5 Å². The highest BCUT2D eigenvalue weighted by Crippen LogP contribution is 2.37. The van der Waals surface area contributed by atoms with E-state index in [1.54, 1.807) is 24.5 Å². The number of nitrogens with two attached hydrogens (primary N) is 1. The summed E-state index contributed by atoms with van der Waals surface area (Å²) in [7, 11) is 1.51. The Morgan fingerprint density at radius 2 is 1.97 bits per heavy atom. The molecule has 1 aliphatic rings. The number of halogens is 1. The molecule has 0 aliphatic carbocycles. The van der Waals surface area contributed by atoms with E-state index in [2.05, 4.69) is 14.9 Å². The van der Waals surface area contributed by atoms with Gasteiger partial charge in [-0.3, -0.25) is 9.69 Å². The summed E-state index contributed by atoms with van der Waals surface area (Å²) >= 11 is 0. The van der Waals surface area contributed by atoms with Crippen LogP contribution in [-0.2, 0) is 17.8 Å². The lowest BCUT2D eigenvalue weighted by Gasteiger charge is -2.41. The zero-order chi connectivity index (χ0) is 22.6. The molecule has 1 fully saturated rings. The van der Waals surface area contributed by atoms with Crippen molar-refractivity contribution in [2.24, 2.45) is 11.1 Å². The van der Waals surface area contributed by atoms with Crippen LogP contribution in [0.25, 0.3) is 11.1 Å². The number of benzene rings is 2. The Hall–Kier alpha value is -3.32. The number of piperidine rings is 1. The van der Waals surface area contributed by atoms with Crippen molar-refractivity contribution in [1.29, 1.82) is 0 Å². The number of aromatic nitrogens is 2. The molecule has 4 rings (SSSR count). The molecule has 1 atom stereocenters. The predicted molar refractivity (Wildman–Crippen MR) is 120 cm³/mol. The molecule has 7 heteroatoms. The van der Waals surface area contributed by atoms with Crippen molar-refractivity contribution in [3.05, 3.63) is 78.1 Å². The number of hydrogen-bond donors (Lipinski definition) is 1. The maximum Gasteiger partial charge on any atom is 0.225 e. The average Bonchev–Trinajstić information content (AvgIpc) is 2.81. The van der Waals surface area contributed by atoms with E-state index in [4.69, 9.17) is 10.5 Å². The predicted octanol–water partition coefficient (Wildman–Crippen LogP) is 3.60. The third kappa shape index (κ3) is 4.62. The molecule has 2 heterocycles. The quantitative estimate of drug-likeness (QED) is 0.615. The van der Waals surface area contributed by atoms with Gasteiger partial charge in [0.2, 0.25) is 5.91 Å². The summed E-state index contributed by atoms with van der Waals surface area (Å²) in [5, 5.41) is 0. The molecule has 3 aromatic rings. The van der Waals surface area contributed by atoms with Crippen molar-refractivity contribution >= 4 is 5.91 Å². The number of methoxy groups -OCH3 is 1. The van der Waals surface area contributed by atoms with E-state index in [0.29, 0.717) is 37.2 Å². The van der Waals surface area contributed by atoms with E-state index in [-0.39, 0.29) is 11.7 Å². The fourth-order valence-electron chi connectivity index (χ4n) is 4.58. The Balaban J connectivity index is 1.59. The summed E-state index contributed by atoms with van der Waals surface area (Å²) in [6, 6.07) is 12.8. The standard InChI is InChI=1S/C25H27FN4O2/c1-32-21-8-7-19(23(26)11-21)15-30-10-4-9-25(16-30,24(27)31)12-18-5-2-3-6-22(18)20-13-28-17-29-14-20/h2-3,5-8,11,13-14,17H,4,9-10,12,15-16H2,1H3,(H2,27,31). The molecule has 0 radical (unpaired) electrons. The molecule has 1 unspecified atom stereocenters. The average molecular weight is 435 g/mol. The Kier molecular flexibility index (Phi) is 6.46. The molecule has 6 nitrogen and oxygen atoms in total. The second kappa shape index (κ2) is 9.44. The number of ether oxygens (including phenoxy) is 1. The lowest BCUT2D eigenvalue weighted by molar-refractivity contribution is -0.131. The van der Waals surface area contributed by atoms with Gasteiger partial charge in [-0.2, -0.15) is 0 Å². The third-order valence-electron chi connectivity index (χ3n) is 6.25. The molecule has 1 amide bonds. The minimum absolute atomic E-state index is 0.311. The molecule has 0 saturated carbocycles. The van der Waals surface area contributed by atoms with E-state index in [0.717, 1.165) is 29.7 Å². The summed E-state index contributed by atoms with van der Waals surface area (Å²) in [6.07, 6.45) is 7.05. The highest BCUT2D eigenvalue weighted by molar-refractivity contribution is 5.82. The normalized spacial score (nSPS) is 18.9. The summed E-state index contributed by atoms with van der Waals surface area (Å²) in [4.78, 5) is 23.1. The van der Waals surface area contributed by atoms with Crippen LogP contribution in [0.1, 0.15) is 24.0 Å². The first-order valence-electron chi connectivity index (χ1n) is 10.7. The maximum absolute atomic E-state index is 14.5. The number of primary amides is 1. The lowest BCUT2D eigenvalue weighted by atomic mass is 9.73. The molecule has 1 aliphatic heterocycles. The topological polar surface area (TPSA) is 81.3 Å². The molecule has 166 valence electrons. The number of likely N-dealkylation sites (tertiary alicyclic amines) is 1. The second-order valence-electron chi connectivity index (χ2n) is 8.38. The van der Waals surface area contributed by atoms with Gasteiger partial charge in [-0.15, -0.1) is 0 Å². The number of carbonyl (C=O) groups excluding carboxylic acids is 1. The van der Waals surface area contributed by atoms with Crippen LogP contribution in [0.3, 0.4) is 0 Å². The van der Waals surface area contributed by atoms with Crippen LogP contribution in [0.5, 0.6) is 5.75 Å². The second-order valence-corrected chi connectivity index (χ2v) is 8.38. The zero-order valence-corrected chi connectivity index (χ0v) is 18.1. The Bertz CT molecular complexity index is 1090. The first kappa shape index (κ1) is 21.9. The van der Waals surface area contributed by atoms with Crippen LogP contribution < -0.4 is 10.5 Å². The van der Waals surface area contributed by atoms with Crippen LogP contribution in [-0.4, -0.2) is 41.0 Å². The number of carbonyl (C=O) groups is 1. The molecule has 2 N–H and O–H groups in total. The molecule has 2 aromatic carbocycles. The SMILES string of the molecule is COc1ccc(CN2CCCC(Cc3ccccc3-c3cncnc3)(C(N)=O)C2)c(F)c1. The summed E-state index contributed by atoms with van der Waals surface area (Å²) in [6.45, 7) is 1.68. The van der Waals surface area contributed by atoms with Gasteiger partial charge in [0.1, 0.15) is 17.9 Å². The van der Waals surface area contributed by atoms with Crippen molar-refractivity contribution in [3.8, 4) is 16.9 Å². The zero-order valence-electron chi connectivity index (χ0n) is 18.1. The fourth-order valence-corrected chi connectivity index (χ4v) is 4.58. The number of hydrogen-bond acceptors (Lipinski definition) is 5. The van der Waals surface area contributed by atoms with Crippen LogP contribution >= 0.6 is 0 Å². The monoisotopic (exact) mass is 434 g/mol. The van der Waals surface area contributed by atoms with Gasteiger partial charge >= 0.3 is 0 Å². The fraction of sp³-hybridized carbons (Fsp3) is 0.320. The maximum atomic E-state index is 14.5. The van der Waals surface area contributed by atoms with Crippen molar-refractivity contribution in [3.63, 3.8) is 0 Å². The molecule has 0 spiro atoms. The number of nitrogens with zero attached hydrogens (tertiary/aromatic N) is 3. The van der Waals surface area contributed by atoms with Gasteiger partial charge in [-0.25, -0.2) is 14.4 Å². The third-order valence-corrected chi connectivity index (χ3v) is 6.25. The summed E-state index contributed by atoms with van der Waals surface area (Å²) in [5.41, 5.74) is 8.75. The van der Waals surface area contributed by atoms with Crippen LogP contribution in [0, 0.1) is 11.2 Å².